The van der Waals surface area contributed by atoms with Crippen LogP contribution >= 0.6 is 0 Å². The quantitative estimate of drug-likeness (QED) is 0.222. The number of aryl methyl sites for hydroxylation is 1. The summed E-state index contributed by atoms with van der Waals surface area (Å²) in [6.45, 7) is 4.31. The number of hydrogen-bond donors (Lipinski definition) is 2. The van der Waals surface area contributed by atoms with Gasteiger partial charge in [-0.15, -0.1) is 0 Å². The number of amides is 2. The van der Waals surface area contributed by atoms with E-state index >= 15 is 4.39 Å². The fourth-order valence-electron chi connectivity index (χ4n) is 8.68. The number of carbonyl (C=O) groups excluding carboxylic acids is 2. The molecule has 3 aromatic carbocycles. The van der Waals surface area contributed by atoms with Gasteiger partial charge < -0.3 is 34.3 Å². The lowest BCUT2D eigenvalue weighted by Crippen LogP contribution is -2.46. The molecule has 0 saturated carbocycles. The summed E-state index contributed by atoms with van der Waals surface area (Å²) in [6, 6.07) is 17.0. The van der Waals surface area contributed by atoms with Gasteiger partial charge in [0.05, 0.1) is 11.1 Å². The van der Waals surface area contributed by atoms with Gasteiger partial charge in [-0.25, -0.2) is 4.39 Å². The van der Waals surface area contributed by atoms with Crippen LogP contribution < -0.4 is 20.4 Å². The third-order valence-electron chi connectivity index (χ3n) is 11.3. The number of nitrogens with one attached hydrogen (secondary N) is 2. The van der Waals surface area contributed by atoms with Crippen LogP contribution in [0.2, 0.25) is 0 Å². The molecular weight excluding hydrogens is 647 g/mol. The Morgan fingerprint density at radius 3 is 2.57 bits per heavy atom. The van der Waals surface area contributed by atoms with Crippen molar-refractivity contribution in [2.75, 3.05) is 44.2 Å². The van der Waals surface area contributed by atoms with Crippen LogP contribution in [0.25, 0.3) is 27.5 Å². The van der Waals surface area contributed by atoms with E-state index < -0.39 is 11.2 Å². The van der Waals surface area contributed by atoms with Crippen molar-refractivity contribution in [3.05, 3.63) is 94.2 Å². The van der Waals surface area contributed by atoms with Gasteiger partial charge in [0.15, 0.2) is 17.3 Å². The van der Waals surface area contributed by atoms with Crippen LogP contribution in [0.4, 0.5) is 10.1 Å². The molecule has 1 unspecified atom stereocenters. The predicted molar refractivity (Wildman–Crippen MR) is 195 cm³/mol. The van der Waals surface area contributed by atoms with Gasteiger partial charge in [-0.1, -0.05) is 30.3 Å². The third kappa shape index (κ3) is 5.64. The predicted octanol–water partition coefficient (Wildman–Crippen LogP) is 5.74. The molecule has 5 aromatic rings. The molecule has 11 heteroatoms. The number of ether oxygens (including phenoxy) is 1. The van der Waals surface area contributed by atoms with Crippen LogP contribution in [0.3, 0.4) is 0 Å². The lowest BCUT2D eigenvalue weighted by Gasteiger charge is -2.36. The Hall–Kier alpha value is -5.16. The number of anilines is 1. The van der Waals surface area contributed by atoms with E-state index in [2.05, 4.69) is 21.3 Å². The highest BCUT2D eigenvalue weighted by molar-refractivity contribution is 6.01. The maximum absolute atomic E-state index is 16.3. The fourth-order valence-corrected chi connectivity index (χ4v) is 8.68. The first-order chi connectivity index (χ1) is 24.9. The minimum atomic E-state index is -0.595. The van der Waals surface area contributed by atoms with Gasteiger partial charge in [0.1, 0.15) is 16.8 Å². The number of pyridine rings is 1. The number of para-hydroxylation sites is 3. The first-order valence-corrected chi connectivity index (χ1v) is 18.2. The van der Waals surface area contributed by atoms with Crippen LogP contribution in [-0.4, -0.2) is 82.5 Å². The summed E-state index contributed by atoms with van der Waals surface area (Å²) in [5, 5.41) is 4.38. The van der Waals surface area contributed by atoms with Crippen LogP contribution in [0.15, 0.2) is 71.8 Å². The van der Waals surface area contributed by atoms with Crippen molar-refractivity contribution in [3.8, 4) is 17.2 Å². The summed E-state index contributed by atoms with van der Waals surface area (Å²) < 4.78 is 24.6. The summed E-state index contributed by atoms with van der Waals surface area (Å²) in [5.41, 5.74) is 3.05. The van der Waals surface area contributed by atoms with Gasteiger partial charge in [-0.3, -0.25) is 14.4 Å². The number of hydrogen-bond acceptors (Lipinski definition) is 6. The van der Waals surface area contributed by atoms with Crippen LogP contribution in [0, 0.1) is 5.82 Å². The number of carbonyl (C=O) groups is 2. The van der Waals surface area contributed by atoms with E-state index in [0.717, 1.165) is 42.4 Å². The van der Waals surface area contributed by atoms with Crippen molar-refractivity contribution in [2.24, 2.45) is 0 Å². The molecule has 0 spiro atoms. The van der Waals surface area contributed by atoms with Gasteiger partial charge >= 0.3 is 0 Å². The SMILES string of the molecule is O=C(CCc1c[nH]c2ccccc12)NC1CCN(c2c(F)cc3c(=O)c(C(=O)N4CCC(N5CCCC5)CC4)cn4c3c2Oc2ccccc2-4)C1. The number of nitrogens with zero attached hydrogens (tertiary/aromatic N) is 4. The van der Waals surface area contributed by atoms with Gasteiger partial charge in [0.25, 0.3) is 5.91 Å². The second-order valence-corrected chi connectivity index (χ2v) is 14.4. The molecule has 4 aliphatic rings. The van der Waals surface area contributed by atoms with Gasteiger partial charge in [-0.2, -0.15) is 0 Å². The second-order valence-electron chi connectivity index (χ2n) is 14.4. The van der Waals surface area contributed by atoms with E-state index in [1.165, 1.54) is 18.9 Å². The Bertz CT molecular complexity index is 2230. The molecule has 2 aromatic heterocycles. The average Bonchev–Trinajstić information content (AvgIpc) is 3.94. The zero-order valence-corrected chi connectivity index (χ0v) is 28.5. The molecule has 9 rings (SSSR count). The molecule has 3 saturated heterocycles. The van der Waals surface area contributed by atoms with Crippen molar-refractivity contribution in [2.45, 2.75) is 57.0 Å². The lowest BCUT2D eigenvalue weighted by molar-refractivity contribution is -0.121. The first-order valence-electron chi connectivity index (χ1n) is 18.2. The largest absolute Gasteiger partial charge is 0.451 e. The van der Waals surface area contributed by atoms with E-state index in [1.54, 1.807) is 11.1 Å². The Morgan fingerprint density at radius 1 is 0.941 bits per heavy atom. The molecule has 51 heavy (non-hydrogen) atoms. The molecule has 0 bridgehead atoms. The Balaban J connectivity index is 0.976. The Kier molecular flexibility index (Phi) is 8.02. The zero-order valence-electron chi connectivity index (χ0n) is 28.5. The number of likely N-dealkylation sites (tertiary alicyclic amines) is 2. The average molecular weight is 689 g/mol. The van der Waals surface area contributed by atoms with Crippen LogP contribution in [0.1, 0.15) is 54.4 Å². The molecular formula is C40H41FN6O4. The minimum Gasteiger partial charge on any atom is -0.451 e. The highest BCUT2D eigenvalue weighted by atomic mass is 19.1. The number of benzene rings is 3. The van der Waals surface area contributed by atoms with Crippen LogP contribution in [0.5, 0.6) is 11.5 Å². The second kappa shape index (κ2) is 12.9. The summed E-state index contributed by atoms with van der Waals surface area (Å²) in [6.07, 6.45) is 9.39. The molecule has 6 heterocycles. The molecule has 0 aliphatic carbocycles. The fraction of sp³-hybridized carbons (Fsp3) is 0.375. The summed E-state index contributed by atoms with van der Waals surface area (Å²) in [4.78, 5) is 50.5. The van der Waals surface area contributed by atoms with Crippen molar-refractivity contribution in [1.82, 2.24) is 24.7 Å². The van der Waals surface area contributed by atoms with Crippen molar-refractivity contribution in [3.63, 3.8) is 0 Å². The normalized spacial score (nSPS) is 19.1. The van der Waals surface area contributed by atoms with E-state index in [0.29, 0.717) is 68.4 Å². The van der Waals surface area contributed by atoms with Crippen molar-refractivity contribution < 1.29 is 18.7 Å². The zero-order chi connectivity index (χ0) is 34.6. The molecule has 2 N–H and O–H groups in total. The lowest BCUT2D eigenvalue weighted by atomic mass is 10.0. The number of aromatic amines is 1. The maximum atomic E-state index is 16.3. The minimum absolute atomic E-state index is 0.0357. The van der Waals surface area contributed by atoms with Gasteiger partial charge in [-0.05, 0) is 81.4 Å². The van der Waals surface area contributed by atoms with E-state index in [9.17, 15) is 14.4 Å². The Labute approximate surface area is 294 Å². The van der Waals surface area contributed by atoms with E-state index in [-0.39, 0.29) is 40.2 Å². The number of aromatic nitrogens is 2. The summed E-state index contributed by atoms with van der Waals surface area (Å²) in [5.74, 6) is -0.208. The van der Waals surface area contributed by atoms with Crippen molar-refractivity contribution in [1.29, 1.82) is 0 Å². The molecule has 10 nitrogen and oxygen atoms in total. The third-order valence-corrected chi connectivity index (χ3v) is 11.3. The van der Waals surface area contributed by atoms with E-state index in [4.69, 9.17) is 4.74 Å². The Morgan fingerprint density at radius 2 is 1.73 bits per heavy atom. The van der Waals surface area contributed by atoms with Gasteiger partial charge in [0, 0.05) is 68.0 Å². The van der Waals surface area contributed by atoms with E-state index in [1.807, 2.05) is 58.1 Å². The molecule has 3 fully saturated rings. The number of H-pyrrole nitrogens is 1. The highest BCUT2D eigenvalue weighted by Gasteiger charge is 2.35. The molecule has 4 aliphatic heterocycles. The maximum Gasteiger partial charge on any atom is 0.259 e. The molecule has 1 atom stereocenters. The smallest absolute Gasteiger partial charge is 0.259 e. The standard InChI is InChI=1S/C40H41FN6O4/c41-31-21-29-36-39(37(31)46-18-13-26(23-46)43-35(48)12-11-25-22-42-32-8-2-1-7-28(25)32)51-34-10-4-3-9-33(34)47(36)24-30(38(29)49)40(50)45-19-14-27(15-20-45)44-16-5-6-17-44/h1-4,7-10,21-22,24,26-27,42H,5-6,11-20,23H2,(H,43,48). The number of fused-ring (bicyclic) bond motifs is 3. The number of halogens is 1. The molecule has 2 amide bonds. The van der Waals surface area contributed by atoms with Crippen molar-refractivity contribution >= 4 is 39.3 Å². The molecule has 262 valence electrons. The van der Waals surface area contributed by atoms with Crippen LogP contribution in [-0.2, 0) is 11.2 Å². The highest BCUT2D eigenvalue weighted by Crippen LogP contribution is 2.47. The monoisotopic (exact) mass is 688 g/mol. The molecule has 0 radical (unpaired) electrons. The van der Waals surface area contributed by atoms with Gasteiger partial charge in [0.2, 0.25) is 11.3 Å². The number of rotatable bonds is 7. The first kappa shape index (κ1) is 31.8. The summed E-state index contributed by atoms with van der Waals surface area (Å²) >= 11 is 0. The topological polar surface area (TPSA) is 103 Å². The summed E-state index contributed by atoms with van der Waals surface area (Å²) in [7, 11) is 0. The number of piperidine rings is 1.